The summed E-state index contributed by atoms with van der Waals surface area (Å²) in [5.74, 6) is 0.341. The lowest BCUT2D eigenvalue weighted by molar-refractivity contribution is 0.00578. The molecule has 2 aliphatic rings. The van der Waals surface area contributed by atoms with Crippen LogP contribution in [-0.2, 0) is 18.8 Å². The largest absolute Gasteiger partial charge is 0.496 e. The van der Waals surface area contributed by atoms with E-state index in [1.165, 1.54) is 14.2 Å². The van der Waals surface area contributed by atoms with Crippen LogP contribution in [0.2, 0.25) is 0 Å². The van der Waals surface area contributed by atoms with E-state index in [1.807, 2.05) is 27.7 Å². The third kappa shape index (κ3) is 3.00. The van der Waals surface area contributed by atoms with E-state index in [2.05, 4.69) is 0 Å². The van der Waals surface area contributed by atoms with Crippen LogP contribution >= 0.6 is 0 Å². The van der Waals surface area contributed by atoms with Gasteiger partial charge in [0.2, 0.25) is 12.5 Å². The summed E-state index contributed by atoms with van der Waals surface area (Å²) >= 11 is 0. The molecule has 3 rings (SSSR count). The minimum atomic E-state index is -0.798. The van der Waals surface area contributed by atoms with Crippen molar-refractivity contribution in [3.8, 4) is 17.2 Å². The van der Waals surface area contributed by atoms with Gasteiger partial charge in [0, 0.05) is 12.6 Å². The summed E-state index contributed by atoms with van der Waals surface area (Å²) in [6, 6.07) is 1.66. The van der Waals surface area contributed by atoms with Gasteiger partial charge in [0.1, 0.15) is 5.56 Å². The third-order valence-electron chi connectivity index (χ3n) is 4.87. The summed E-state index contributed by atoms with van der Waals surface area (Å²) in [6.07, 6.45) is 0. The Bertz CT molecular complexity index is 699. The quantitative estimate of drug-likeness (QED) is 0.440. The van der Waals surface area contributed by atoms with E-state index < -0.39 is 24.3 Å². The molecule has 142 valence electrons. The first-order chi connectivity index (χ1) is 12.2. The topological polar surface area (TPSA) is 81.7 Å². The van der Waals surface area contributed by atoms with Crippen molar-refractivity contribution in [2.75, 3.05) is 27.8 Å². The number of rotatable bonds is 5. The van der Waals surface area contributed by atoms with Gasteiger partial charge in [0.15, 0.2) is 18.3 Å². The van der Waals surface area contributed by atoms with Gasteiger partial charge in [-0.25, -0.2) is 4.79 Å². The second kappa shape index (κ2) is 6.64. The lowest BCUT2D eigenvalue weighted by atomic mass is 9.75. The number of fused-ring (bicyclic) bond motifs is 1. The lowest BCUT2D eigenvalue weighted by Gasteiger charge is -2.32. The van der Waals surface area contributed by atoms with Gasteiger partial charge in [-0.15, -0.1) is 0 Å². The number of esters is 1. The van der Waals surface area contributed by atoms with Crippen LogP contribution < -0.4 is 19.7 Å². The highest BCUT2D eigenvalue weighted by atomic mass is 16.7. The molecule has 0 unspecified atom stereocenters. The van der Waals surface area contributed by atoms with E-state index in [-0.39, 0.29) is 24.9 Å². The van der Waals surface area contributed by atoms with Crippen molar-refractivity contribution in [2.24, 2.45) is 0 Å². The molecule has 0 amide bonds. The summed E-state index contributed by atoms with van der Waals surface area (Å²) in [6.45, 7) is 7.67. The monoisotopic (exact) mass is 366 g/mol. The first-order valence-electron chi connectivity index (χ1n) is 8.24. The third-order valence-corrected chi connectivity index (χ3v) is 4.87. The fourth-order valence-corrected chi connectivity index (χ4v) is 2.76. The fourth-order valence-electron chi connectivity index (χ4n) is 2.76. The molecule has 8 nitrogen and oxygen atoms in total. The molecule has 1 saturated heterocycles. The van der Waals surface area contributed by atoms with Gasteiger partial charge >= 0.3 is 13.1 Å². The number of hydrogen-bond acceptors (Lipinski definition) is 8. The van der Waals surface area contributed by atoms with E-state index in [9.17, 15) is 4.79 Å². The first-order valence-corrected chi connectivity index (χ1v) is 8.24. The molecule has 0 aliphatic carbocycles. The van der Waals surface area contributed by atoms with Crippen molar-refractivity contribution in [1.82, 2.24) is 0 Å². The summed E-state index contributed by atoms with van der Waals surface area (Å²) in [5, 5.41) is 0. The Morgan fingerprint density at radius 3 is 2.38 bits per heavy atom. The van der Waals surface area contributed by atoms with Crippen molar-refractivity contribution in [1.29, 1.82) is 0 Å². The minimum Gasteiger partial charge on any atom is -0.465 e. The zero-order valence-corrected chi connectivity index (χ0v) is 15.8. The fraction of sp³-hybridized carbons (Fsp3) is 0.588. The molecular weight excluding hydrogens is 343 g/mol. The van der Waals surface area contributed by atoms with Gasteiger partial charge in [-0.1, -0.05) is 0 Å². The summed E-state index contributed by atoms with van der Waals surface area (Å²) < 4.78 is 38.7. The molecular formula is C17H23BO8. The Labute approximate surface area is 152 Å². The first kappa shape index (κ1) is 18.8. The molecule has 26 heavy (non-hydrogen) atoms. The normalized spacial score (nSPS) is 19.5. The average Bonchev–Trinajstić information content (AvgIpc) is 3.12. The van der Waals surface area contributed by atoms with E-state index in [0.29, 0.717) is 17.0 Å². The van der Waals surface area contributed by atoms with Gasteiger partial charge < -0.3 is 33.0 Å². The number of hydrogen-bond donors (Lipinski definition) is 0. The maximum Gasteiger partial charge on any atom is 0.496 e. The van der Waals surface area contributed by atoms with Crippen LogP contribution in [0, 0.1) is 0 Å². The Morgan fingerprint density at radius 2 is 1.81 bits per heavy atom. The molecule has 0 aromatic heterocycles. The van der Waals surface area contributed by atoms with Crippen molar-refractivity contribution >= 4 is 18.6 Å². The molecule has 0 saturated carbocycles. The Morgan fingerprint density at radius 1 is 1.15 bits per heavy atom. The van der Waals surface area contributed by atoms with Crippen LogP contribution in [0.25, 0.3) is 0 Å². The number of benzene rings is 1. The molecule has 1 aromatic rings. The highest BCUT2D eigenvalue weighted by Crippen LogP contribution is 2.44. The van der Waals surface area contributed by atoms with Crippen molar-refractivity contribution < 1.29 is 37.8 Å². The molecule has 2 heterocycles. The molecule has 0 spiro atoms. The molecule has 9 heteroatoms. The maximum absolute atomic E-state index is 12.5. The predicted molar refractivity (Wildman–Crippen MR) is 92.1 cm³/mol. The average molecular weight is 366 g/mol. The van der Waals surface area contributed by atoms with Gasteiger partial charge in [-0.2, -0.15) is 0 Å². The van der Waals surface area contributed by atoms with E-state index in [1.54, 1.807) is 6.07 Å². The molecule has 0 N–H and O–H groups in total. The molecule has 0 radical (unpaired) electrons. The lowest BCUT2D eigenvalue weighted by Crippen LogP contribution is -2.41. The van der Waals surface area contributed by atoms with E-state index in [0.717, 1.165) is 0 Å². The molecule has 1 fully saturated rings. The van der Waals surface area contributed by atoms with Gasteiger partial charge in [-0.3, -0.25) is 0 Å². The maximum atomic E-state index is 12.5. The standard InChI is InChI=1S/C17H23BO8/c1-16(2)17(3,4)26-18(25-16)10-7-11-13(24-9-22-11)14(23-8-20-5)12(10)15(19)21-6/h7H,8-9H2,1-6H3. The number of ether oxygens (including phenoxy) is 5. The van der Waals surface area contributed by atoms with Gasteiger partial charge in [-0.05, 0) is 33.8 Å². The molecule has 0 bridgehead atoms. The Kier molecular flexibility index (Phi) is 4.81. The summed E-state index contributed by atoms with van der Waals surface area (Å²) in [7, 11) is 1.97. The van der Waals surface area contributed by atoms with Crippen molar-refractivity contribution in [2.45, 2.75) is 38.9 Å². The predicted octanol–water partition coefficient (Wildman–Crippen LogP) is 1.48. The zero-order chi connectivity index (χ0) is 19.1. The van der Waals surface area contributed by atoms with E-state index in [4.69, 9.17) is 33.0 Å². The summed E-state index contributed by atoms with van der Waals surface area (Å²) in [4.78, 5) is 12.5. The number of carbonyl (C=O) groups is 1. The van der Waals surface area contributed by atoms with Crippen LogP contribution in [0.4, 0.5) is 0 Å². The van der Waals surface area contributed by atoms with Gasteiger partial charge in [0.25, 0.3) is 0 Å². The highest BCUT2D eigenvalue weighted by molar-refractivity contribution is 6.64. The number of methoxy groups -OCH3 is 2. The van der Waals surface area contributed by atoms with Crippen LogP contribution in [0.15, 0.2) is 6.07 Å². The molecule has 1 aromatic carbocycles. The van der Waals surface area contributed by atoms with Crippen LogP contribution in [-0.4, -0.2) is 52.1 Å². The van der Waals surface area contributed by atoms with E-state index >= 15 is 0 Å². The van der Waals surface area contributed by atoms with Crippen LogP contribution in [0.5, 0.6) is 17.2 Å². The molecule has 0 atom stereocenters. The van der Waals surface area contributed by atoms with Crippen molar-refractivity contribution in [3.63, 3.8) is 0 Å². The Balaban J connectivity index is 2.14. The zero-order valence-electron chi connectivity index (χ0n) is 15.8. The minimum absolute atomic E-state index is 0.0199. The van der Waals surface area contributed by atoms with Gasteiger partial charge in [0.05, 0.1) is 18.3 Å². The SMILES string of the molecule is COCOc1c2c(cc(B3OC(C)(C)C(C)(C)O3)c1C(=O)OC)OCO2. The smallest absolute Gasteiger partial charge is 0.465 e. The van der Waals surface area contributed by atoms with Crippen molar-refractivity contribution in [3.05, 3.63) is 11.6 Å². The number of carbonyl (C=O) groups excluding carboxylic acids is 1. The molecule has 2 aliphatic heterocycles. The second-order valence-corrected chi connectivity index (χ2v) is 7.03. The highest BCUT2D eigenvalue weighted by Gasteiger charge is 2.53. The van der Waals surface area contributed by atoms with Crippen LogP contribution in [0.3, 0.4) is 0 Å². The summed E-state index contributed by atoms with van der Waals surface area (Å²) in [5.41, 5.74) is -0.539. The second-order valence-electron chi connectivity index (χ2n) is 7.03. The van der Waals surface area contributed by atoms with Crippen LogP contribution in [0.1, 0.15) is 38.1 Å². The Hall–Kier alpha value is -1.97.